The number of nitriles is 1. The number of amides is 1. The van der Waals surface area contributed by atoms with Crippen LogP contribution in [0.1, 0.15) is 15.9 Å². The van der Waals surface area contributed by atoms with E-state index in [1.54, 1.807) is 17.5 Å². The predicted octanol–water partition coefficient (Wildman–Crippen LogP) is 2.16. The Labute approximate surface area is 107 Å². The number of thiophene rings is 1. The smallest absolute Gasteiger partial charge is 0.260 e. The summed E-state index contributed by atoms with van der Waals surface area (Å²) in [4.78, 5) is 11.9. The third-order valence-electron chi connectivity index (χ3n) is 2.32. The highest BCUT2D eigenvalue weighted by Gasteiger charge is 2.15. The Kier molecular flexibility index (Phi) is 3.17. The molecule has 0 atom stereocenters. The van der Waals surface area contributed by atoms with Crippen molar-refractivity contribution in [2.45, 2.75) is 0 Å². The van der Waals surface area contributed by atoms with Crippen molar-refractivity contribution in [3.8, 4) is 11.8 Å². The molecule has 1 amide bonds. The minimum absolute atomic E-state index is 0.0762. The Bertz CT molecular complexity index is 643. The van der Waals surface area contributed by atoms with Crippen LogP contribution in [0.15, 0.2) is 29.6 Å². The van der Waals surface area contributed by atoms with Crippen LogP contribution in [-0.2, 0) is 0 Å². The number of carbonyl (C=O) groups is 1. The summed E-state index contributed by atoms with van der Waals surface area (Å²) in [6.45, 7) is 0. The molecule has 1 aromatic heterocycles. The molecule has 0 aliphatic heterocycles. The van der Waals surface area contributed by atoms with Gasteiger partial charge in [-0.25, -0.2) is 0 Å². The number of nitrogens with two attached hydrogens (primary N) is 1. The number of nitrogen functional groups attached to an aromatic ring is 1. The second-order valence-electron chi connectivity index (χ2n) is 3.47. The molecule has 5 nitrogen and oxygen atoms in total. The van der Waals surface area contributed by atoms with Gasteiger partial charge in [-0.15, -0.1) is 11.3 Å². The average molecular weight is 259 g/mol. The maximum absolute atomic E-state index is 11.9. The van der Waals surface area contributed by atoms with E-state index < -0.39 is 5.91 Å². The first-order chi connectivity index (χ1) is 8.63. The fourth-order valence-corrected chi connectivity index (χ4v) is 2.14. The molecule has 0 radical (unpaired) electrons. The van der Waals surface area contributed by atoms with E-state index in [0.717, 1.165) is 0 Å². The fourth-order valence-electron chi connectivity index (χ4n) is 1.41. The molecule has 0 fully saturated rings. The van der Waals surface area contributed by atoms with Crippen molar-refractivity contribution in [2.24, 2.45) is 0 Å². The van der Waals surface area contributed by atoms with Gasteiger partial charge in [0, 0.05) is 0 Å². The highest BCUT2D eigenvalue weighted by molar-refractivity contribution is 7.14. The standard InChI is InChI=1S/C12H9N3O2S/c13-6-7-4-5-18-12(7)15-11(17)8-2-1-3-9(14)10(8)16/h1-5,16H,14H2,(H,15,17). The maximum atomic E-state index is 11.9. The molecule has 1 heterocycles. The van der Waals surface area contributed by atoms with Crippen molar-refractivity contribution in [1.29, 1.82) is 5.26 Å². The zero-order valence-corrected chi connectivity index (χ0v) is 9.99. The van der Waals surface area contributed by atoms with E-state index in [1.807, 2.05) is 6.07 Å². The number of nitrogens with zero attached hydrogens (tertiary/aromatic N) is 1. The third-order valence-corrected chi connectivity index (χ3v) is 3.15. The molecule has 0 bridgehead atoms. The topological polar surface area (TPSA) is 99.1 Å². The molecule has 2 rings (SSSR count). The quantitative estimate of drug-likeness (QED) is 0.568. The van der Waals surface area contributed by atoms with Gasteiger partial charge in [-0.3, -0.25) is 4.79 Å². The summed E-state index contributed by atoms with van der Waals surface area (Å²) in [6, 6.07) is 8.11. The lowest BCUT2D eigenvalue weighted by Crippen LogP contribution is -2.12. The van der Waals surface area contributed by atoms with Crippen molar-refractivity contribution in [1.82, 2.24) is 0 Å². The minimum atomic E-state index is -0.501. The molecule has 0 aliphatic rings. The van der Waals surface area contributed by atoms with Crippen LogP contribution in [0.2, 0.25) is 0 Å². The normalized spacial score (nSPS) is 9.72. The van der Waals surface area contributed by atoms with Crippen LogP contribution < -0.4 is 11.1 Å². The van der Waals surface area contributed by atoms with Crippen LogP contribution >= 0.6 is 11.3 Å². The number of hydrogen-bond acceptors (Lipinski definition) is 5. The first kappa shape index (κ1) is 12.0. The molecule has 4 N–H and O–H groups in total. The van der Waals surface area contributed by atoms with E-state index in [9.17, 15) is 9.90 Å². The number of rotatable bonds is 2. The van der Waals surface area contributed by atoms with Crippen LogP contribution in [0.25, 0.3) is 0 Å². The highest BCUT2D eigenvalue weighted by atomic mass is 32.1. The van der Waals surface area contributed by atoms with Crippen molar-refractivity contribution in [3.05, 3.63) is 40.8 Å². The van der Waals surface area contributed by atoms with Gasteiger partial charge >= 0.3 is 0 Å². The van der Waals surface area contributed by atoms with Gasteiger partial charge in [0.2, 0.25) is 0 Å². The van der Waals surface area contributed by atoms with Crippen molar-refractivity contribution in [3.63, 3.8) is 0 Å². The van der Waals surface area contributed by atoms with Gasteiger partial charge in [-0.2, -0.15) is 5.26 Å². The van der Waals surface area contributed by atoms with Gasteiger partial charge in [0.25, 0.3) is 5.91 Å². The van der Waals surface area contributed by atoms with Crippen LogP contribution in [0.5, 0.6) is 5.75 Å². The molecule has 18 heavy (non-hydrogen) atoms. The second-order valence-corrected chi connectivity index (χ2v) is 4.39. The largest absolute Gasteiger partial charge is 0.505 e. The Morgan fingerprint density at radius 1 is 1.44 bits per heavy atom. The number of para-hydroxylation sites is 1. The predicted molar refractivity (Wildman–Crippen MR) is 69.5 cm³/mol. The zero-order valence-electron chi connectivity index (χ0n) is 9.18. The number of phenolic OH excluding ortho intramolecular Hbond substituents is 1. The lowest BCUT2D eigenvalue weighted by molar-refractivity contribution is 0.102. The monoisotopic (exact) mass is 259 g/mol. The summed E-state index contributed by atoms with van der Waals surface area (Å²) < 4.78 is 0. The molecule has 0 saturated carbocycles. The molecule has 6 heteroatoms. The van der Waals surface area contributed by atoms with E-state index in [1.165, 1.54) is 23.5 Å². The average Bonchev–Trinajstić information content (AvgIpc) is 2.79. The summed E-state index contributed by atoms with van der Waals surface area (Å²) in [5.74, 6) is -0.760. The number of phenols is 1. The maximum Gasteiger partial charge on any atom is 0.260 e. The van der Waals surface area contributed by atoms with Gasteiger partial charge in [0.05, 0.1) is 16.8 Å². The summed E-state index contributed by atoms with van der Waals surface area (Å²) in [7, 11) is 0. The number of anilines is 2. The van der Waals surface area contributed by atoms with Crippen LogP contribution in [0.4, 0.5) is 10.7 Å². The van der Waals surface area contributed by atoms with E-state index in [4.69, 9.17) is 11.0 Å². The zero-order chi connectivity index (χ0) is 13.1. The highest BCUT2D eigenvalue weighted by Crippen LogP contribution is 2.27. The van der Waals surface area contributed by atoms with E-state index in [-0.39, 0.29) is 17.0 Å². The number of benzene rings is 1. The van der Waals surface area contributed by atoms with Gasteiger partial charge in [-0.1, -0.05) is 6.07 Å². The summed E-state index contributed by atoms with van der Waals surface area (Å²) in [5.41, 5.74) is 6.10. The van der Waals surface area contributed by atoms with Crippen LogP contribution in [-0.4, -0.2) is 11.0 Å². The Morgan fingerprint density at radius 3 is 2.94 bits per heavy atom. The van der Waals surface area contributed by atoms with E-state index in [2.05, 4.69) is 5.32 Å². The molecule has 1 aromatic carbocycles. The van der Waals surface area contributed by atoms with Gasteiger partial charge < -0.3 is 16.2 Å². The van der Waals surface area contributed by atoms with Crippen molar-refractivity contribution < 1.29 is 9.90 Å². The van der Waals surface area contributed by atoms with Crippen LogP contribution in [0.3, 0.4) is 0 Å². The van der Waals surface area contributed by atoms with E-state index in [0.29, 0.717) is 10.6 Å². The van der Waals surface area contributed by atoms with Crippen LogP contribution in [0, 0.1) is 11.3 Å². The first-order valence-corrected chi connectivity index (χ1v) is 5.88. The number of nitrogens with one attached hydrogen (secondary N) is 1. The molecule has 0 spiro atoms. The molecular formula is C12H9N3O2S. The van der Waals surface area contributed by atoms with E-state index >= 15 is 0 Å². The first-order valence-electron chi connectivity index (χ1n) is 5.00. The molecule has 0 saturated heterocycles. The Morgan fingerprint density at radius 2 is 2.22 bits per heavy atom. The summed E-state index contributed by atoms with van der Waals surface area (Å²) in [5, 5.41) is 23.2. The molecule has 0 aliphatic carbocycles. The minimum Gasteiger partial charge on any atom is -0.505 e. The summed E-state index contributed by atoms with van der Waals surface area (Å²) in [6.07, 6.45) is 0. The Hall–Kier alpha value is -2.52. The SMILES string of the molecule is N#Cc1ccsc1NC(=O)c1cccc(N)c1O. The van der Waals surface area contributed by atoms with Gasteiger partial charge in [0.1, 0.15) is 11.1 Å². The lowest BCUT2D eigenvalue weighted by Gasteiger charge is -2.06. The van der Waals surface area contributed by atoms with Gasteiger partial charge in [0.15, 0.2) is 5.75 Å². The molecular weight excluding hydrogens is 250 g/mol. The number of aromatic hydroxyl groups is 1. The van der Waals surface area contributed by atoms with Gasteiger partial charge in [-0.05, 0) is 23.6 Å². The number of hydrogen-bond donors (Lipinski definition) is 3. The molecule has 2 aromatic rings. The third kappa shape index (κ3) is 2.12. The number of carbonyl (C=O) groups excluding carboxylic acids is 1. The van der Waals surface area contributed by atoms with Crippen molar-refractivity contribution >= 4 is 27.9 Å². The lowest BCUT2D eigenvalue weighted by atomic mass is 10.1. The van der Waals surface area contributed by atoms with Crippen molar-refractivity contribution in [2.75, 3.05) is 11.1 Å². The fraction of sp³-hybridized carbons (Fsp3) is 0. The molecule has 0 unspecified atom stereocenters. The Balaban J connectivity index is 2.29. The molecule has 90 valence electrons. The second kappa shape index (κ2) is 4.77. The summed E-state index contributed by atoms with van der Waals surface area (Å²) >= 11 is 1.24.